The number of rotatable bonds is 1. The Morgan fingerprint density at radius 2 is 1.62 bits per heavy atom. The van der Waals surface area contributed by atoms with Crippen molar-refractivity contribution in [3.8, 4) is 0 Å². The maximum Gasteiger partial charge on any atom is 0.100 e. The molecule has 1 saturated heterocycles. The zero-order chi connectivity index (χ0) is 10.4. The lowest BCUT2D eigenvalue weighted by Gasteiger charge is -2.22. The molecule has 3 unspecified atom stereocenters. The molecule has 0 spiro atoms. The molecule has 1 aliphatic rings. The van der Waals surface area contributed by atoms with Gasteiger partial charge in [-0.2, -0.15) is 0 Å². The van der Waals surface area contributed by atoms with Crippen LogP contribution in [0.15, 0.2) is 0 Å². The molecule has 1 fully saturated rings. The molecule has 0 aromatic rings. The summed E-state index contributed by atoms with van der Waals surface area (Å²) in [6.07, 6.45) is 0. The highest BCUT2D eigenvalue weighted by molar-refractivity contribution is 7.84. The monoisotopic (exact) mass is 203 g/mol. The van der Waals surface area contributed by atoms with E-state index in [0.29, 0.717) is 6.04 Å². The highest BCUT2D eigenvalue weighted by Crippen LogP contribution is 2.38. The molecule has 0 N–H and O–H groups in total. The first kappa shape index (κ1) is 11.2. The third-order valence-corrected chi connectivity index (χ3v) is 4.18. The summed E-state index contributed by atoms with van der Waals surface area (Å²) in [5.41, 5.74) is 0.265. The van der Waals surface area contributed by atoms with Crippen molar-refractivity contribution in [2.45, 2.75) is 52.3 Å². The second-order valence-electron chi connectivity index (χ2n) is 5.84. The largest absolute Gasteiger partial charge is 0.242 e. The van der Waals surface area contributed by atoms with Crippen LogP contribution in [0.5, 0.6) is 0 Å². The first-order valence-corrected chi connectivity index (χ1v) is 5.93. The molecule has 3 heteroatoms. The van der Waals surface area contributed by atoms with Gasteiger partial charge in [-0.25, -0.2) is 8.51 Å². The van der Waals surface area contributed by atoms with E-state index in [-0.39, 0.29) is 10.2 Å². The van der Waals surface area contributed by atoms with Gasteiger partial charge < -0.3 is 0 Å². The number of nitrogens with zero attached hydrogens (tertiary/aromatic N) is 1. The van der Waals surface area contributed by atoms with Crippen LogP contribution >= 0.6 is 0 Å². The molecule has 0 aromatic carbocycles. The van der Waals surface area contributed by atoms with E-state index in [9.17, 15) is 4.21 Å². The number of hydrogen-bond donors (Lipinski definition) is 0. The van der Waals surface area contributed by atoms with Crippen LogP contribution in [0.3, 0.4) is 0 Å². The smallest absolute Gasteiger partial charge is 0.100 e. The van der Waals surface area contributed by atoms with Crippen LogP contribution < -0.4 is 0 Å². The van der Waals surface area contributed by atoms with Crippen molar-refractivity contribution in [2.75, 3.05) is 6.54 Å². The zero-order valence-electron chi connectivity index (χ0n) is 9.55. The molecule has 78 valence electrons. The van der Waals surface area contributed by atoms with Gasteiger partial charge in [0, 0.05) is 12.6 Å². The molecule has 1 rings (SSSR count). The van der Waals surface area contributed by atoms with E-state index in [0.717, 1.165) is 6.54 Å². The lowest BCUT2D eigenvalue weighted by atomic mass is 9.92. The van der Waals surface area contributed by atoms with Crippen molar-refractivity contribution in [1.29, 1.82) is 0 Å². The van der Waals surface area contributed by atoms with Gasteiger partial charge in [0.1, 0.15) is 11.0 Å². The Kier molecular flexibility index (Phi) is 2.63. The average molecular weight is 203 g/mol. The Hall–Kier alpha value is 0.110. The fourth-order valence-electron chi connectivity index (χ4n) is 1.36. The molecule has 0 saturated carbocycles. The molecular weight excluding hydrogens is 182 g/mol. The van der Waals surface area contributed by atoms with Crippen molar-refractivity contribution >= 4 is 11.0 Å². The van der Waals surface area contributed by atoms with Crippen molar-refractivity contribution in [3.63, 3.8) is 0 Å². The second kappa shape index (κ2) is 3.06. The molecule has 2 nitrogen and oxygen atoms in total. The van der Waals surface area contributed by atoms with Gasteiger partial charge >= 0.3 is 0 Å². The Labute approximate surface area is 84.3 Å². The van der Waals surface area contributed by atoms with Gasteiger partial charge in [-0.3, -0.25) is 0 Å². The minimum atomic E-state index is -0.821. The predicted octanol–water partition coefficient (Wildman–Crippen LogP) is 2.18. The Bertz CT molecular complexity index is 224. The van der Waals surface area contributed by atoms with E-state index in [1.807, 2.05) is 20.8 Å². The third kappa shape index (κ3) is 2.53. The van der Waals surface area contributed by atoms with Gasteiger partial charge in [-0.05, 0) is 26.2 Å². The minimum absolute atomic E-state index is 0.111. The van der Waals surface area contributed by atoms with Crippen LogP contribution in [0.4, 0.5) is 0 Å². The van der Waals surface area contributed by atoms with Crippen molar-refractivity contribution < 1.29 is 4.21 Å². The van der Waals surface area contributed by atoms with E-state index in [1.54, 1.807) is 0 Å². The quantitative estimate of drug-likeness (QED) is 0.598. The van der Waals surface area contributed by atoms with Crippen LogP contribution in [-0.4, -0.2) is 25.8 Å². The topological polar surface area (TPSA) is 20.1 Å². The molecule has 1 aliphatic heterocycles. The Morgan fingerprint density at radius 1 is 1.15 bits per heavy atom. The maximum absolute atomic E-state index is 11.9. The average Bonchev–Trinajstić information content (AvgIpc) is 2.58. The molecule has 0 amide bonds. The summed E-state index contributed by atoms with van der Waals surface area (Å²) < 4.78 is 13.9. The highest BCUT2D eigenvalue weighted by Gasteiger charge is 2.48. The van der Waals surface area contributed by atoms with Gasteiger partial charge in [-0.15, -0.1) is 0 Å². The second-order valence-corrected chi connectivity index (χ2v) is 8.04. The summed E-state index contributed by atoms with van der Waals surface area (Å²) in [6, 6.07) is 0.507. The molecule has 0 aromatic heterocycles. The molecule has 0 aliphatic carbocycles. The summed E-state index contributed by atoms with van der Waals surface area (Å²) in [5, 5.41) is 0. The maximum atomic E-state index is 11.9. The van der Waals surface area contributed by atoms with Crippen LogP contribution in [0.1, 0.15) is 41.5 Å². The Balaban J connectivity index is 2.58. The van der Waals surface area contributed by atoms with E-state index in [1.165, 1.54) is 0 Å². The summed E-state index contributed by atoms with van der Waals surface area (Å²) in [7, 11) is -0.821. The standard InChI is InChI=1S/C10H21NOS/c1-9(2,3)8-7-11(8)13(12)10(4,5)6/h8H,7H2,1-6H3. The van der Waals surface area contributed by atoms with Gasteiger partial charge in [-0.1, -0.05) is 20.8 Å². The van der Waals surface area contributed by atoms with Gasteiger partial charge in [0.2, 0.25) is 0 Å². The van der Waals surface area contributed by atoms with Crippen molar-refractivity contribution in [2.24, 2.45) is 5.41 Å². The SMILES string of the molecule is CC(C)(C)C1CN1S(=O)C(C)(C)C. The van der Waals surface area contributed by atoms with Gasteiger partial charge in [0.25, 0.3) is 0 Å². The molecule has 0 radical (unpaired) electrons. The number of hydrogen-bond acceptors (Lipinski definition) is 1. The van der Waals surface area contributed by atoms with Gasteiger partial charge in [0.05, 0.1) is 4.75 Å². The van der Waals surface area contributed by atoms with E-state index in [4.69, 9.17) is 0 Å². The summed E-state index contributed by atoms with van der Waals surface area (Å²) in [6.45, 7) is 13.7. The molecule has 0 bridgehead atoms. The van der Waals surface area contributed by atoms with Crippen molar-refractivity contribution in [1.82, 2.24) is 4.31 Å². The lowest BCUT2D eigenvalue weighted by Crippen LogP contribution is -2.30. The molecular formula is C10H21NOS. The van der Waals surface area contributed by atoms with E-state index in [2.05, 4.69) is 25.1 Å². The van der Waals surface area contributed by atoms with E-state index >= 15 is 0 Å². The first-order valence-electron chi connectivity index (χ1n) is 4.82. The normalized spacial score (nSPS) is 31.5. The Morgan fingerprint density at radius 3 is 1.85 bits per heavy atom. The van der Waals surface area contributed by atoms with Crippen LogP contribution in [0, 0.1) is 5.41 Å². The molecule has 3 atom stereocenters. The van der Waals surface area contributed by atoms with E-state index < -0.39 is 11.0 Å². The van der Waals surface area contributed by atoms with Crippen molar-refractivity contribution in [3.05, 3.63) is 0 Å². The third-order valence-electron chi connectivity index (χ3n) is 2.30. The van der Waals surface area contributed by atoms with Crippen LogP contribution in [-0.2, 0) is 11.0 Å². The van der Waals surface area contributed by atoms with Gasteiger partial charge in [0.15, 0.2) is 0 Å². The predicted molar refractivity (Wildman–Crippen MR) is 57.8 cm³/mol. The summed E-state index contributed by atoms with van der Waals surface area (Å²) in [4.78, 5) is 0. The summed E-state index contributed by atoms with van der Waals surface area (Å²) in [5.74, 6) is 0. The first-order chi connectivity index (χ1) is 5.64. The van der Waals surface area contributed by atoms with Crippen LogP contribution in [0.25, 0.3) is 0 Å². The fraction of sp³-hybridized carbons (Fsp3) is 1.00. The fourth-order valence-corrected chi connectivity index (χ4v) is 2.89. The highest BCUT2D eigenvalue weighted by atomic mass is 32.2. The lowest BCUT2D eigenvalue weighted by molar-refractivity contribution is 0.374. The minimum Gasteiger partial charge on any atom is -0.242 e. The molecule has 13 heavy (non-hydrogen) atoms. The van der Waals surface area contributed by atoms with Crippen LogP contribution in [0.2, 0.25) is 0 Å². The zero-order valence-corrected chi connectivity index (χ0v) is 10.4. The summed E-state index contributed by atoms with van der Waals surface area (Å²) >= 11 is 0. The molecule has 1 heterocycles.